The van der Waals surface area contributed by atoms with Gasteiger partial charge in [0.25, 0.3) is 5.91 Å². The van der Waals surface area contributed by atoms with E-state index in [4.69, 9.17) is 11.6 Å². The number of nitrogens with zero attached hydrogens (tertiary/aromatic N) is 4. The van der Waals surface area contributed by atoms with E-state index in [0.717, 1.165) is 25.2 Å². The predicted octanol–water partition coefficient (Wildman–Crippen LogP) is 2.49. The number of hydrogen-bond donors (Lipinski definition) is 0. The smallest absolute Gasteiger partial charge is 0.255 e. The zero-order valence-electron chi connectivity index (χ0n) is 11.9. The molecule has 5 nitrogen and oxygen atoms in total. The van der Waals surface area contributed by atoms with Gasteiger partial charge in [0.2, 0.25) is 0 Å². The van der Waals surface area contributed by atoms with Gasteiger partial charge in [0.15, 0.2) is 0 Å². The van der Waals surface area contributed by atoms with Gasteiger partial charge in [0, 0.05) is 26.1 Å². The summed E-state index contributed by atoms with van der Waals surface area (Å²) in [6, 6.07) is 7.19. The molecule has 1 aromatic heterocycles. The van der Waals surface area contributed by atoms with Crippen molar-refractivity contribution in [2.75, 3.05) is 13.1 Å². The van der Waals surface area contributed by atoms with Crippen molar-refractivity contribution in [3.8, 4) is 0 Å². The van der Waals surface area contributed by atoms with Gasteiger partial charge in [-0.25, -0.2) is 0 Å². The van der Waals surface area contributed by atoms with Gasteiger partial charge >= 0.3 is 0 Å². The molecule has 0 spiro atoms. The molecule has 3 rings (SSSR count). The van der Waals surface area contributed by atoms with Crippen molar-refractivity contribution in [1.29, 1.82) is 0 Å². The van der Waals surface area contributed by atoms with Crippen LogP contribution in [-0.4, -0.2) is 38.7 Å². The summed E-state index contributed by atoms with van der Waals surface area (Å²) in [5.41, 5.74) is 0.567. The quantitative estimate of drug-likeness (QED) is 0.856. The summed E-state index contributed by atoms with van der Waals surface area (Å²) < 4.78 is 1.92. The minimum absolute atomic E-state index is 0.00697. The van der Waals surface area contributed by atoms with Crippen LogP contribution < -0.4 is 0 Å². The van der Waals surface area contributed by atoms with Crippen LogP contribution in [0, 0.1) is 0 Å². The number of likely N-dealkylation sites (tertiary alicyclic amines) is 1. The zero-order valence-corrected chi connectivity index (χ0v) is 12.6. The van der Waals surface area contributed by atoms with Gasteiger partial charge in [-0.05, 0) is 25.0 Å². The predicted molar refractivity (Wildman–Crippen MR) is 80.3 cm³/mol. The fourth-order valence-corrected chi connectivity index (χ4v) is 3.06. The van der Waals surface area contributed by atoms with Gasteiger partial charge in [-0.3, -0.25) is 4.79 Å². The van der Waals surface area contributed by atoms with Crippen LogP contribution in [0.3, 0.4) is 0 Å². The number of carbonyl (C=O) groups excluding carboxylic acids is 1. The molecule has 1 aliphatic heterocycles. The molecular formula is C15H17ClN4O. The van der Waals surface area contributed by atoms with Gasteiger partial charge < -0.3 is 9.47 Å². The van der Waals surface area contributed by atoms with Crippen LogP contribution in [0.15, 0.2) is 30.6 Å². The maximum Gasteiger partial charge on any atom is 0.255 e. The van der Waals surface area contributed by atoms with E-state index in [1.165, 1.54) is 0 Å². The zero-order chi connectivity index (χ0) is 14.8. The first-order chi connectivity index (χ1) is 10.2. The molecule has 0 bridgehead atoms. The molecule has 1 saturated heterocycles. The standard InChI is InChI=1S/C15H17ClN4O/c1-19-10-17-18-14(19)11-5-4-8-20(9-11)15(21)12-6-2-3-7-13(12)16/h2-3,6-7,10-11H,4-5,8-9H2,1H3. The van der Waals surface area contributed by atoms with E-state index in [1.54, 1.807) is 18.5 Å². The second-order valence-corrected chi connectivity index (χ2v) is 5.78. The van der Waals surface area contributed by atoms with E-state index < -0.39 is 0 Å². The van der Waals surface area contributed by atoms with Crippen molar-refractivity contribution >= 4 is 17.5 Å². The molecule has 0 aliphatic carbocycles. The number of amides is 1. The van der Waals surface area contributed by atoms with E-state index in [2.05, 4.69) is 10.2 Å². The Morgan fingerprint density at radius 2 is 2.19 bits per heavy atom. The number of piperidine rings is 1. The van der Waals surface area contributed by atoms with E-state index in [9.17, 15) is 4.79 Å². The lowest BCUT2D eigenvalue weighted by Gasteiger charge is -2.32. The fourth-order valence-electron chi connectivity index (χ4n) is 2.84. The average molecular weight is 305 g/mol. The maximum absolute atomic E-state index is 12.6. The molecule has 1 fully saturated rings. The number of carbonyl (C=O) groups is 1. The molecule has 1 aromatic carbocycles. The molecule has 1 amide bonds. The summed E-state index contributed by atoms with van der Waals surface area (Å²) in [6.45, 7) is 1.43. The SMILES string of the molecule is Cn1cnnc1C1CCCN(C(=O)c2ccccc2Cl)C1. The van der Waals surface area contributed by atoms with Crippen molar-refractivity contribution < 1.29 is 4.79 Å². The van der Waals surface area contributed by atoms with Crippen molar-refractivity contribution in [2.24, 2.45) is 7.05 Å². The van der Waals surface area contributed by atoms with Crippen LogP contribution in [0.25, 0.3) is 0 Å². The largest absolute Gasteiger partial charge is 0.338 e. The van der Waals surface area contributed by atoms with Crippen molar-refractivity contribution in [3.05, 3.63) is 47.0 Å². The molecule has 2 aromatic rings. The number of aryl methyl sites for hydroxylation is 1. The third-order valence-electron chi connectivity index (χ3n) is 3.92. The first-order valence-electron chi connectivity index (χ1n) is 7.04. The molecule has 0 radical (unpaired) electrons. The molecule has 1 atom stereocenters. The third-order valence-corrected chi connectivity index (χ3v) is 4.25. The summed E-state index contributed by atoms with van der Waals surface area (Å²) in [5, 5.41) is 8.60. The number of benzene rings is 1. The molecule has 110 valence electrons. The minimum Gasteiger partial charge on any atom is -0.338 e. The highest BCUT2D eigenvalue weighted by Gasteiger charge is 2.28. The van der Waals surface area contributed by atoms with E-state index in [1.807, 2.05) is 28.6 Å². The van der Waals surface area contributed by atoms with Crippen LogP contribution in [0.4, 0.5) is 0 Å². The topological polar surface area (TPSA) is 51.0 Å². The lowest BCUT2D eigenvalue weighted by Crippen LogP contribution is -2.39. The van der Waals surface area contributed by atoms with Gasteiger partial charge in [0.1, 0.15) is 12.2 Å². The number of aromatic nitrogens is 3. The summed E-state index contributed by atoms with van der Waals surface area (Å²) in [4.78, 5) is 14.5. The van der Waals surface area contributed by atoms with Gasteiger partial charge in [-0.15, -0.1) is 10.2 Å². The number of rotatable bonds is 2. The van der Waals surface area contributed by atoms with Gasteiger partial charge in [0.05, 0.1) is 10.6 Å². The fraction of sp³-hybridized carbons (Fsp3) is 0.400. The van der Waals surface area contributed by atoms with Crippen molar-refractivity contribution in [3.63, 3.8) is 0 Å². The monoisotopic (exact) mass is 304 g/mol. The van der Waals surface area contributed by atoms with Gasteiger partial charge in [-0.2, -0.15) is 0 Å². The first-order valence-corrected chi connectivity index (χ1v) is 7.42. The first kappa shape index (κ1) is 14.1. The molecule has 0 N–H and O–H groups in total. The molecular weight excluding hydrogens is 288 g/mol. The summed E-state index contributed by atoms with van der Waals surface area (Å²) in [6.07, 6.45) is 3.69. The number of hydrogen-bond acceptors (Lipinski definition) is 3. The molecule has 6 heteroatoms. The summed E-state index contributed by atoms with van der Waals surface area (Å²) in [5.74, 6) is 1.16. The van der Waals surface area contributed by atoms with Crippen LogP contribution in [0.1, 0.15) is 34.9 Å². The Morgan fingerprint density at radius 1 is 1.38 bits per heavy atom. The average Bonchev–Trinajstić information content (AvgIpc) is 2.93. The Labute approximate surface area is 128 Å². The van der Waals surface area contributed by atoms with Gasteiger partial charge in [-0.1, -0.05) is 23.7 Å². The van der Waals surface area contributed by atoms with Crippen LogP contribution in [0.5, 0.6) is 0 Å². The second kappa shape index (κ2) is 5.85. The van der Waals surface area contributed by atoms with Crippen LogP contribution in [-0.2, 0) is 7.05 Å². The minimum atomic E-state index is -0.00697. The normalized spacial score (nSPS) is 18.8. The lowest BCUT2D eigenvalue weighted by molar-refractivity contribution is 0.0703. The maximum atomic E-state index is 12.6. The Morgan fingerprint density at radius 3 is 2.90 bits per heavy atom. The molecule has 1 aliphatic rings. The number of halogens is 1. The van der Waals surface area contributed by atoms with Crippen molar-refractivity contribution in [1.82, 2.24) is 19.7 Å². The second-order valence-electron chi connectivity index (χ2n) is 5.37. The molecule has 1 unspecified atom stereocenters. The van der Waals surface area contributed by atoms with E-state index in [-0.39, 0.29) is 11.8 Å². The summed E-state index contributed by atoms with van der Waals surface area (Å²) >= 11 is 6.13. The van der Waals surface area contributed by atoms with Crippen LogP contribution >= 0.6 is 11.6 Å². The molecule has 2 heterocycles. The highest BCUT2D eigenvalue weighted by Crippen LogP contribution is 2.27. The van der Waals surface area contributed by atoms with Crippen LogP contribution in [0.2, 0.25) is 5.02 Å². The Balaban J connectivity index is 1.79. The Kier molecular flexibility index (Phi) is 3.92. The molecule has 21 heavy (non-hydrogen) atoms. The Bertz CT molecular complexity index is 655. The Hall–Kier alpha value is -1.88. The highest BCUT2D eigenvalue weighted by atomic mass is 35.5. The lowest BCUT2D eigenvalue weighted by atomic mass is 9.96. The third kappa shape index (κ3) is 2.78. The van der Waals surface area contributed by atoms with E-state index in [0.29, 0.717) is 17.1 Å². The van der Waals surface area contributed by atoms with Crippen molar-refractivity contribution in [2.45, 2.75) is 18.8 Å². The van der Waals surface area contributed by atoms with E-state index >= 15 is 0 Å². The molecule has 0 saturated carbocycles. The highest BCUT2D eigenvalue weighted by molar-refractivity contribution is 6.33. The summed E-state index contributed by atoms with van der Waals surface area (Å²) in [7, 11) is 1.93.